The van der Waals surface area contributed by atoms with Crippen LogP contribution in [0.2, 0.25) is 0 Å². The molecule has 0 aromatic heterocycles. The molecule has 0 bridgehead atoms. The molecule has 4 heteroatoms. The number of halogens is 1. The third-order valence-electron chi connectivity index (χ3n) is 1.24. The average Bonchev–Trinajstić information content (AvgIpc) is 2.04. The SMILES string of the molecule is COc1ccc(N=O)cc1F. The average molecular weight is 155 g/mol. The van der Waals surface area contributed by atoms with Gasteiger partial charge < -0.3 is 4.74 Å². The lowest BCUT2D eigenvalue weighted by Gasteiger charge is -1.99. The van der Waals surface area contributed by atoms with E-state index in [4.69, 9.17) is 0 Å². The van der Waals surface area contributed by atoms with Crippen molar-refractivity contribution in [1.29, 1.82) is 0 Å². The molecular weight excluding hydrogens is 149 g/mol. The van der Waals surface area contributed by atoms with Gasteiger partial charge in [0.05, 0.1) is 7.11 Å². The molecule has 0 N–H and O–H groups in total. The van der Waals surface area contributed by atoms with Crippen LogP contribution in [0.3, 0.4) is 0 Å². The standard InChI is InChI=1S/C7H6FNO2/c1-11-7-3-2-5(9-10)4-6(7)8/h2-4H,1H3. The van der Waals surface area contributed by atoms with E-state index in [1.54, 1.807) is 0 Å². The van der Waals surface area contributed by atoms with Gasteiger partial charge in [0.2, 0.25) is 0 Å². The Morgan fingerprint density at radius 3 is 2.73 bits per heavy atom. The fourth-order valence-electron chi connectivity index (χ4n) is 0.712. The maximum atomic E-state index is 12.7. The fourth-order valence-corrected chi connectivity index (χ4v) is 0.712. The van der Waals surface area contributed by atoms with Crippen LogP contribution in [0, 0.1) is 10.7 Å². The molecule has 0 saturated carbocycles. The summed E-state index contributed by atoms with van der Waals surface area (Å²) in [6.45, 7) is 0. The van der Waals surface area contributed by atoms with Gasteiger partial charge in [0.25, 0.3) is 0 Å². The van der Waals surface area contributed by atoms with Crippen LogP contribution in [-0.4, -0.2) is 7.11 Å². The Morgan fingerprint density at radius 1 is 1.55 bits per heavy atom. The van der Waals surface area contributed by atoms with Crippen LogP contribution >= 0.6 is 0 Å². The highest BCUT2D eigenvalue weighted by molar-refractivity contribution is 5.41. The summed E-state index contributed by atoms with van der Waals surface area (Å²) in [5, 5.41) is 2.56. The number of nitroso groups, excluding NO2 is 1. The maximum Gasteiger partial charge on any atom is 0.167 e. The third kappa shape index (κ3) is 1.52. The van der Waals surface area contributed by atoms with Crippen LogP contribution in [0.15, 0.2) is 23.4 Å². The Labute approximate surface area is 62.8 Å². The highest BCUT2D eigenvalue weighted by Crippen LogP contribution is 2.21. The predicted molar refractivity (Wildman–Crippen MR) is 38.4 cm³/mol. The van der Waals surface area contributed by atoms with Crippen molar-refractivity contribution in [2.24, 2.45) is 5.18 Å². The highest BCUT2D eigenvalue weighted by atomic mass is 19.1. The van der Waals surface area contributed by atoms with Crippen molar-refractivity contribution in [2.75, 3.05) is 7.11 Å². The minimum atomic E-state index is -0.579. The van der Waals surface area contributed by atoms with Crippen molar-refractivity contribution in [2.45, 2.75) is 0 Å². The van der Waals surface area contributed by atoms with Gasteiger partial charge in [0.1, 0.15) is 5.69 Å². The quantitative estimate of drug-likeness (QED) is 0.614. The van der Waals surface area contributed by atoms with Crippen molar-refractivity contribution in [3.05, 3.63) is 28.9 Å². The Bertz CT molecular complexity index is 275. The third-order valence-corrected chi connectivity index (χ3v) is 1.24. The summed E-state index contributed by atoms with van der Waals surface area (Å²) in [6.07, 6.45) is 0. The topological polar surface area (TPSA) is 38.7 Å². The highest BCUT2D eigenvalue weighted by Gasteiger charge is 2.02. The summed E-state index contributed by atoms with van der Waals surface area (Å²) in [4.78, 5) is 9.90. The summed E-state index contributed by atoms with van der Waals surface area (Å²) in [5.41, 5.74) is 0.0586. The minimum Gasteiger partial charge on any atom is -0.494 e. The van der Waals surface area contributed by atoms with E-state index < -0.39 is 5.82 Å². The zero-order valence-corrected chi connectivity index (χ0v) is 5.87. The molecule has 58 valence electrons. The van der Waals surface area contributed by atoms with Crippen molar-refractivity contribution < 1.29 is 9.13 Å². The molecule has 1 aromatic rings. The van der Waals surface area contributed by atoms with E-state index in [2.05, 4.69) is 9.91 Å². The Hall–Kier alpha value is -1.45. The van der Waals surface area contributed by atoms with E-state index in [1.165, 1.54) is 19.2 Å². The van der Waals surface area contributed by atoms with Gasteiger partial charge in [-0.3, -0.25) is 0 Å². The van der Waals surface area contributed by atoms with Gasteiger partial charge >= 0.3 is 0 Å². The fraction of sp³-hybridized carbons (Fsp3) is 0.143. The molecule has 1 aromatic carbocycles. The minimum absolute atomic E-state index is 0.0586. The second-order valence-electron chi connectivity index (χ2n) is 1.91. The zero-order valence-electron chi connectivity index (χ0n) is 5.87. The zero-order chi connectivity index (χ0) is 8.27. The summed E-state index contributed by atoms with van der Waals surface area (Å²) in [5.74, 6) is -0.470. The van der Waals surface area contributed by atoms with Gasteiger partial charge in [0.15, 0.2) is 11.6 Å². The summed E-state index contributed by atoms with van der Waals surface area (Å²) < 4.78 is 17.3. The first kappa shape index (κ1) is 7.65. The normalized spacial score (nSPS) is 9.27. The first-order valence-electron chi connectivity index (χ1n) is 2.95. The molecule has 1 rings (SSSR count). The molecule has 0 spiro atoms. The van der Waals surface area contributed by atoms with Crippen LogP contribution in [-0.2, 0) is 0 Å². The van der Waals surface area contributed by atoms with Crippen LogP contribution < -0.4 is 4.74 Å². The van der Waals surface area contributed by atoms with E-state index in [0.717, 1.165) is 6.07 Å². The van der Waals surface area contributed by atoms with Crippen LogP contribution in [0.25, 0.3) is 0 Å². The number of methoxy groups -OCH3 is 1. The first-order valence-corrected chi connectivity index (χ1v) is 2.95. The van der Waals surface area contributed by atoms with Gasteiger partial charge in [0, 0.05) is 6.07 Å². The molecule has 0 aliphatic carbocycles. The second-order valence-corrected chi connectivity index (χ2v) is 1.91. The predicted octanol–water partition coefficient (Wildman–Crippen LogP) is 2.23. The van der Waals surface area contributed by atoms with Crippen LogP contribution in [0.5, 0.6) is 5.75 Å². The van der Waals surface area contributed by atoms with Crippen LogP contribution in [0.4, 0.5) is 10.1 Å². The van der Waals surface area contributed by atoms with E-state index in [9.17, 15) is 9.30 Å². The van der Waals surface area contributed by atoms with Gasteiger partial charge in [-0.25, -0.2) is 4.39 Å². The first-order chi connectivity index (χ1) is 5.27. The molecule has 0 heterocycles. The van der Waals surface area contributed by atoms with E-state index in [0.29, 0.717) is 0 Å². The Kier molecular flexibility index (Phi) is 2.15. The molecule has 0 atom stereocenters. The molecule has 0 fully saturated rings. The van der Waals surface area contributed by atoms with Gasteiger partial charge in [-0.1, -0.05) is 0 Å². The van der Waals surface area contributed by atoms with Crippen molar-refractivity contribution >= 4 is 5.69 Å². The summed E-state index contributed by atoms with van der Waals surface area (Å²) in [7, 11) is 1.35. The molecule has 3 nitrogen and oxygen atoms in total. The van der Waals surface area contributed by atoms with E-state index in [1.807, 2.05) is 0 Å². The summed E-state index contributed by atoms with van der Waals surface area (Å²) in [6, 6.07) is 3.76. The Balaban J connectivity index is 3.09. The number of hydrogen-bond acceptors (Lipinski definition) is 3. The lowest BCUT2D eigenvalue weighted by molar-refractivity contribution is 0.386. The molecule has 0 unspecified atom stereocenters. The van der Waals surface area contributed by atoms with E-state index >= 15 is 0 Å². The van der Waals surface area contributed by atoms with Gasteiger partial charge in [-0.2, -0.15) is 0 Å². The lowest BCUT2D eigenvalue weighted by Crippen LogP contribution is -1.85. The maximum absolute atomic E-state index is 12.7. The molecule has 11 heavy (non-hydrogen) atoms. The Morgan fingerprint density at radius 2 is 2.27 bits per heavy atom. The number of hydrogen-bond donors (Lipinski definition) is 0. The van der Waals surface area contributed by atoms with Crippen molar-refractivity contribution in [3.63, 3.8) is 0 Å². The van der Waals surface area contributed by atoms with Crippen molar-refractivity contribution in [1.82, 2.24) is 0 Å². The molecule has 0 amide bonds. The molecular formula is C7H6FNO2. The van der Waals surface area contributed by atoms with Crippen molar-refractivity contribution in [3.8, 4) is 5.75 Å². The van der Waals surface area contributed by atoms with Gasteiger partial charge in [-0.05, 0) is 17.3 Å². The molecule has 0 aliphatic heterocycles. The summed E-state index contributed by atoms with van der Waals surface area (Å²) >= 11 is 0. The van der Waals surface area contributed by atoms with Crippen LogP contribution in [0.1, 0.15) is 0 Å². The largest absolute Gasteiger partial charge is 0.494 e. The second kappa shape index (κ2) is 3.09. The number of benzene rings is 1. The number of rotatable bonds is 2. The lowest BCUT2D eigenvalue weighted by atomic mass is 10.3. The smallest absolute Gasteiger partial charge is 0.167 e. The van der Waals surface area contributed by atoms with E-state index in [-0.39, 0.29) is 11.4 Å². The molecule has 0 radical (unpaired) electrons. The molecule has 0 aliphatic rings. The number of nitrogens with zero attached hydrogens (tertiary/aromatic N) is 1. The monoisotopic (exact) mass is 155 g/mol. The molecule has 0 saturated heterocycles. The number of ether oxygens (including phenoxy) is 1. The van der Waals surface area contributed by atoms with Gasteiger partial charge in [-0.15, -0.1) is 4.91 Å².